The molecule has 0 N–H and O–H groups in total. The predicted octanol–water partition coefficient (Wildman–Crippen LogP) is 4.30. The third-order valence-electron chi connectivity index (χ3n) is 3.57. The van der Waals surface area contributed by atoms with E-state index in [0.29, 0.717) is 5.15 Å². The average molecular weight is 333 g/mol. The molecule has 1 aliphatic heterocycles. The largest absolute Gasteiger partial charge is 0.356 e. The van der Waals surface area contributed by atoms with Crippen molar-refractivity contribution in [3.05, 3.63) is 16.0 Å². The van der Waals surface area contributed by atoms with Gasteiger partial charge in [-0.2, -0.15) is 0 Å². The quantitative estimate of drug-likeness (QED) is 0.773. The van der Waals surface area contributed by atoms with Gasteiger partial charge < -0.3 is 4.90 Å². The Labute approximate surface area is 122 Å². The SMILES string of the molecule is CCCC1CCCN(c2ncnc(Cl)c2Br)CC1. The van der Waals surface area contributed by atoms with Gasteiger partial charge in [0.05, 0.1) is 4.47 Å². The lowest BCUT2D eigenvalue weighted by Crippen LogP contribution is -2.25. The summed E-state index contributed by atoms with van der Waals surface area (Å²) >= 11 is 9.52. The molecule has 1 aromatic heterocycles. The van der Waals surface area contributed by atoms with Gasteiger partial charge in [-0.05, 0) is 41.1 Å². The second-order valence-electron chi connectivity index (χ2n) is 4.87. The molecule has 1 aromatic rings. The Morgan fingerprint density at radius 3 is 3.00 bits per heavy atom. The summed E-state index contributed by atoms with van der Waals surface area (Å²) in [7, 11) is 0. The highest BCUT2D eigenvalue weighted by molar-refractivity contribution is 9.10. The Bertz CT molecular complexity index is 400. The van der Waals surface area contributed by atoms with Gasteiger partial charge in [0.15, 0.2) is 0 Å². The molecule has 1 aliphatic rings. The maximum atomic E-state index is 6.03. The molecule has 2 heterocycles. The molecule has 0 aromatic carbocycles. The van der Waals surface area contributed by atoms with Crippen LogP contribution in [0.25, 0.3) is 0 Å². The summed E-state index contributed by atoms with van der Waals surface area (Å²) in [6.07, 6.45) is 7.99. The van der Waals surface area contributed by atoms with Crippen LogP contribution >= 0.6 is 27.5 Å². The van der Waals surface area contributed by atoms with Crippen molar-refractivity contribution >= 4 is 33.3 Å². The van der Waals surface area contributed by atoms with Crippen LogP contribution < -0.4 is 4.90 Å². The second-order valence-corrected chi connectivity index (χ2v) is 6.03. The fourth-order valence-corrected chi connectivity index (χ4v) is 3.22. The Hall–Kier alpha value is -0.350. The van der Waals surface area contributed by atoms with Gasteiger partial charge in [0.25, 0.3) is 0 Å². The van der Waals surface area contributed by atoms with Crippen molar-refractivity contribution in [1.82, 2.24) is 9.97 Å². The van der Waals surface area contributed by atoms with E-state index in [-0.39, 0.29) is 0 Å². The maximum Gasteiger partial charge on any atom is 0.148 e. The number of rotatable bonds is 3. The van der Waals surface area contributed by atoms with Gasteiger partial charge in [-0.25, -0.2) is 9.97 Å². The van der Waals surface area contributed by atoms with Crippen LogP contribution in [0.3, 0.4) is 0 Å². The van der Waals surface area contributed by atoms with Crippen LogP contribution in [0.4, 0.5) is 5.82 Å². The van der Waals surface area contributed by atoms with Crippen LogP contribution in [0.1, 0.15) is 39.0 Å². The number of halogens is 2. The highest BCUT2D eigenvalue weighted by Gasteiger charge is 2.20. The molecule has 1 fully saturated rings. The van der Waals surface area contributed by atoms with Gasteiger partial charge in [-0.3, -0.25) is 0 Å². The Morgan fingerprint density at radius 1 is 1.39 bits per heavy atom. The average Bonchev–Trinajstić information content (AvgIpc) is 2.59. The molecule has 0 bridgehead atoms. The standard InChI is InChI=1S/C13H19BrClN3/c1-2-4-10-5-3-7-18(8-6-10)13-11(14)12(15)16-9-17-13/h9-10H,2-8H2,1H3. The molecule has 0 aliphatic carbocycles. The van der Waals surface area contributed by atoms with Gasteiger partial charge in [0.1, 0.15) is 17.3 Å². The minimum Gasteiger partial charge on any atom is -0.356 e. The fourth-order valence-electron chi connectivity index (χ4n) is 2.63. The first-order chi connectivity index (χ1) is 8.72. The minimum atomic E-state index is 0.495. The van der Waals surface area contributed by atoms with E-state index in [2.05, 4.69) is 37.7 Å². The van der Waals surface area contributed by atoms with Crippen LogP contribution in [0.15, 0.2) is 10.8 Å². The third-order valence-corrected chi connectivity index (χ3v) is 4.82. The van der Waals surface area contributed by atoms with Crippen LogP contribution in [-0.2, 0) is 0 Å². The smallest absolute Gasteiger partial charge is 0.148 e. The van der Waals surface area contributed by atoms with E-state index in [4.69, 9.17) is 11.6 Å². The molecule has 18 heavy (non-hydrogen) atoms. The lowest BCUT2D eigenvalue weighted by molar-refractivity contribution is 0.435. The molecule has 2 rings (SSSR count). The molecule has 0 spiro atoms. The third kappa shape index (κ3) is 3.35. The van der Waals surface area contributed by atoms with Gasteiger partial charge in [-0.15, -0.1) is 0 Å². The highest BCUT2D eigenvalue weighted by atomic mass is 79.9. The van der Waals surface area contributed by atoms with Crippen LogP contribution in [0, 0.1) is 5.92 Å². The first-order valence-corrected chi connectivity index (χ1v) is 7.80. The van der Waals surface area contributed by atoms with Gasteiger partial charge >= 0.3 is 0 Å². The van der Waals surface area contributed by atoms with E-state index in [9.17, 15) is 0 Å². The van der Waals surface area contributed by atoms with E-state index in [1.807, 2.05) is 0 Å². The van der Waals surface area contributed by atoms with E-state index < -0.39 is 0 Å². The molecule has 1 saturated heterocycles. The maximum absolute atomic E-state index is 6.03. The summed E-state index contributed by atoms with van der Waals surface area (Å²) in [5, 5.41) is 0.495. The van der Waals surface area contributed by atoms with Crippen molar-refractivity contribution in [2.24, 2.45) is 5.92 Å². The second kappa shape index (κ2) is 6.71. The Balaban J connectivity index is 2.07. The summed E-state index contributed by atoms with van der Waals surface area (Å²) in [6, 6.07) is 0. The summed E-state index contributed by atoms with van der Waals surface area (Å²) in [6.45, 7) is 4.40. The highest BCUT2D eigenvalue weighted by Crippen LogP contribution is 2.31. The minimum absolute atomic E-state index is 0.495. The van der Waals surface area contributed by atoms with Gasteiger partial charge in [0.2, 0.25) is 0 Å². The summed E-state index contributed by atoms with van der Waals surface area (Å²) < 4.78 is 0.820. The molecule has 5 heteroatoms. The number of aromatic nitrogens is 2. The summed E-state index contributed by atoms with van der Waals surface area (Å²) in [4.78, 5) is 10.7. The fraction of sp³-hybridized carbons (Fsp3) is 0.692. The number of nitrogens with zero attached hydrogens (tertiary/aromatic N) is 3. The van der Waals surface area contributed by atoms with E-state index in [1.54, 1.807) is 0 Å². The molecule has 1 atom stereocenters. The molecule has 100 valence electrons. The predicted molar refractivity (Wildman–Crippen MR) is 79.2 cm³/mol. The first kappa shape index (κ1) is 14.1. The van der Waals surface area contributed by atoms with Gasteiger partial charge in [0, 0.05) is 13.1 Å². The van der Waals surface area contributed by atoms with Crippen molar-refractivity contribution in [2.45, 2.75) is 39.0 Å². The normalized spacial score (nSPS) is 20.8. The molecule has 3 nitrogen and oxygen atoms in total. The zero-order valence-electron chi connectivity index (χ0n) is 10.7. The zero-order valence-corrected chi connectivity index (χ0v) is 13.0. The molecule has 0 radical (unpaired) electrons. The van der Waals surface area contributed by atoms with E-state index >= 15 is 0 Å². The van der Waals surface area contributed by atoms with Crippen LogP contribution in [0.5, 0.6) is 0 Å². The van der Waals surface area contributed by atoms with Crippen molar-refractivity contribution < 1.29 is 0 Å². The number of anilines is 1. The molecule has 1 unspecified atom stereocenters. The Morgan fingerprint density at radius 2 is 2.22 bits per heavy atom. The van der Waals surface area contributed by atoms with Gasteiger partial charge in [-0.1, -0.05) is 31.4 Å². The van der Waals surface area contributed by atoms with Crippen molar-refractivity contribution in [2.75, 3.05) is 18.0 Å². The molecular formula is C13H19BrClN3. The first-order valence-electron chi connectivity index (χ1n) is 6.63. The van der Waals surface area contributed by atoms with Crippen LogP contribution in [0.2, 0.25) is 5.15 Å². The number of hydrogen-bond acceptors (Lipinski definition) is 3. The number of hydrogen-bond donors (Lipinski definition) is 0. The van der Waals surface area contributed by atoms with Crippen molar-refractivity contribution in [3.63, 3.8) is 0 Å². The van der Waals surface area contributed by atoms with E-state index in [0.717, 1.165) is 29.3 Å². The monoisotopic (exact) mass is 331 g/mol. The molecule has 0 amide bonds. The zero-order chi connectivity index (χ0) is 13.0. The topological polar surface area (TPSA) is 29.0 Å². The van der Waals surface area contributed by atoms with Crippen LogP contribution in [-0.4, -0.2) is 23.1 Å². The molecular weight excluding hydrogens is 314 g/mol. The van der Waals surface area contributed by atoms with Crippen molar-refractivity contribution in [3.8, 4) is 0 Å². The Kier molecular flexibility index (Phi) is 5.25. The molecule has 0 saturated carbocycles. The summed E-state index contributed by atoms with van der Waals surface area (Å²) in [5.41, 5.74) is 0. The lowest BCUT2D eigenvalue weighted by atomic mass is 9.96. The summed E-state index contributed by atoms with van der Waals surface area (Å²) in [5.74, 6) is 1.81. The van der Waals surface area contributed by atoms with Crippen molar-refractivity contribution in [1.29, 1.82) is 0 Å². The lowest BCUT2D eigenvalue weighted by Gasteiger charge is -2.22. The van der Waals surface area contributed by atoms with E-state index in [1.165, 1.54) is 38.4 Å².